The highest BCUT2D eigenvalue weighted by molar-refractivity contribution is 7.99. The minimum Gasteiger partial charge on any atom is -0.440 e. The van der Waals surface area contributed by atoms with E-state index < -0.39 is 10.8 Å². The van der Waals surface area contributed by atoms with Crippen molar-refractivity contribution in [1.82, 2.24) is 9.99 Å². The quantitative estimate of drug-likeness (QED) is 0.497. The van der Waals surface area contributed by atoms with Crippen molar-refractivity contribution in [1.29, 1.82) is 0 Å². The molecular weight excluding hydrogens is 414 g/mol. The lowest BCUT2D eigenvalue weighted by atomic mass is 9.91. The maximum Gasteiger partial charge on any atom is 0.291 e. The molecule has 7 nitrogen and oxygen atoms in total. The Morgan fingerprint density at radius 3 is 3.00 bits per heavy atom. The fourth-order valence-corrected chi connectivity index (χ4v) is 5.18. The number of nitro benzene ring substituents is 1. The van der Waals surface area contributed by atoms with E-state index in [0.29, 0.717) is 17.8 Å². The molecule has 1 aromatic carbocycles. The Kier molecular flexibility index (Phi) is 5.17. The molecule has 0 radical (unpaired) electrons. The second-order valence-corrected chi connectivity index (χ2v) is 8.54. The van der Waals surface area contributed by atoms with Crippen LogP contribution in [0.1, 0.15) is 31.6 Å². The van der Waals surface area contributed by atoms with Crippen molar-refractivity contribution in [3.05, 3.63) is 33.2 Å². The fraction of sp³-hybridized carbons (Fsp3) is 0.529. The summed E-state index contributed by atoms with van der Waals surface area (Å²) in [7, 11) is 0. The largest absolute Gasteiger partial charge is 0.440 e. The van der Waals surface area contributed by atoms with Crippen LogP contribution in [0.2, 0.25) is 5.02 Å². The molecule has 0 bridgehead atoms. The summed E-state index contributed by atoms with van der Waals surface area (Å²) < 4.78 is 33.6. The van der Waals surface area contributed by atoms with Gasteiger partial charge in [-0.15, -0.1) is 11.8 Å². The van der Waals surface area contributed by atoms with Crippen molar-refractivity contribution in [3.8, 4) is 0 Å². The number of hydrazone groups is 1. The highest BCUT2D eigenvalue weighted by Crippen LogP contribution is 2.42. The van der Waals surface area contributed by atoms with Gasteiger partial charge in [-0.25, -0.2) is 13.8 Å². The van der Waals surface area contributed by atoms with E-state index in [-0.39, 0.29) is 46.2 Å². The van der Waals surface area contributed by atoms with Crippen LogP contribution < -0.4 is 0 Å². The first-order valence-corrected chi connectivity index (χ1v) is 10.3. The number of halogens is 3. The molecule has 1 aliphatic carbocycles. The van der Waals surface area contributed by atoms with Gasteiger partial charge in [-0.3, -0.25) is 15.1 Å². The van der Waals surface area contributed by atoms with Crippen LogP contribution in [-0.4, -0.2) is 44.9 Å². The molecule has 1 aliphatic heterocycles. The number of hydrogen-bond donors (Lipinski definition) is 0. The Balaban J connectivity index is 1.51. The molecule has 4 rings (SSSR count). The molecule has 0 N–H and O–H groups in total. The Labute approximate surface area is 168 Å². The first-order valence-electron chi connectivity index (χ1n) is 8.84. The van der Waals surface area contributed by atoms with E-state index in [0.717, 1.165) is 13.0 Å². The lowest BCUT2D eigenvalue weighted by molar-refractivity contribution is -0.384. The summed E-state index contributed by atoms with van der Waals surface area (Å²) in [6.07, 6.45) is 2.68. The first kappa shape index (κ1) is 19.4. The van der Waals surface area contributed by atoms with E-state index in [2.05, 4.69) is 10.1 Å². The van der Waals surface area contributed by atoms with Gasteiger partial charge < -0.3 is 4.42 Å². The molecule has 2 atom stereocenters. The number of nitrogens with zero attached hydrogens (tertiary/aromatic N) is 4. The molecule has 11 heteroatoms. The zero-order chi connectivity index (χ0) is 19.9. The summed E-state index contributed by atoms with van der Waals surface area (Å²) in [6, 6.07) is 2.56. The van der Waals surface area contributed by atoms with Crippen LogP contribution in [0.4, 0.5) is 14.5 Å². The molecule has 0 amide bonds. The minimum absolute atomic E-state index is 0.0242. The van der Waals surface area contributed by atoms with E-state index in [9.17, 15) is 18.9 Å². The number of hydrogen-bond acceptors (Lipinski definition) is 7. The van der Waals surface area contributed by atoms with E-state index in [1.165, 1.54) is 23.9 Å². The second-order valence-electron chi connectivity index (χ2n) is 6.90. The van der Waals surface area contributed by atoms with Gasteiger partial charge in [0, 0.05) is 37.3 Å². The maximum absolute atomic E-state index is 14.0. The number of nitro groups is 1. The lowest BCUT2D eigenvalue weighted by Gasteiger charge is -2.39. The number of alkyl halides is 2. The Hall–Kier alpha value is -1.94. The summed E-state index contributed by atoms with van der Waals surface area (Å²) >= 11 is 7.26. The zero-order valence-corrected chi connectivity index (χ0v) is 16.3. The Bertz CT molecular complexity index is 939. The first-order chi connectivity index (χ1) is 13.3. The van der Waals surface area contributed by atoms with E-state index in [1.54, 1.807) is 0 Å². The van der Waals surface area contributed by atoms with Crippen LogP contribution in [-0.2, 0) is 5.75 Å². The van der Waals surface area contributed by atoms with Crippen molar-refractivity contribution in [2.45, 2.75) is 48.7 Å². The number of aromatic nitrogens is 1. The average Bonchev–Trinajstić information content (AvgIpc) is 3.27. The molecule has 1 saturated carbocycles. The highest BCUT2D eigenvalue weighted by atomic mass is 35.5. The summed E-state index contributed by atoms with van der Waals surface area (Å²) in [4.78, 5) is 14.7. The SMILES string of the molecule is O=[N+]([O-])c1cc2oc(CSC3CC(F)(F)CCC3N3CCC=N3)nc2cc1Cl. The van der Waals surface area contributed by atoms with Crippen molar-refractivity contribution < 1.29 is 18.1 Å². The van der Waals surface area contributed by atoms with E-state index in [4.69, 9.17) is 16.0 Å². The summed E-state index contributed by atoms with van der Waals surface area (Å²) in [5.74, 6) is -2.07. The smallest absolute Gasteiger partial charge is 0.291 e. The van der Waals surface area contributed by atoms with Crippen LogP contribution in [0.15, 0.2) is 21.7 Å². The standard InChI is InChI=1S/C17H17ClF2N4O3S/c18-10-6-11-14(7-13(10)24(25)26)27-16(22-11)9-28-15-8-17(19,20)3-2-12(15)23-5-1-4-21-23/h4,6-7,12,15H,1-3,5,8-9H2. The molecule has 150 valence electrons. The van der Waals surface area contributed by atoms with Crippen LogP contribution >= 0.6 is 23.4 Å². The van der Waals surface area contributed by atoms with Crippen molar-refractivity contribution in [3.63, 3.8) is 0 Å². The normalized spacial score (nSPS) is 24.2. The number of rotatable bonds is 5. The van der Waals surface area contributed by atoms with Crippen molar-refractivity contribution in [2.75, 3.05) is 6.54 Å². The Morgan fingerprint density at radius 1 is 1.46 bits per heavy atom. The second kappa shape index (κ2) is 7.47. The average molecular weight is 431 g/mol. The molecule has 2 aliphatic rings. The third kappa shape index (κ3) is 3.93. The van der Waals surface area contributed by atoms with Crippen LogP contribution in [0.25, 0.3) is 11.1 Å². The van der Waals surface area contributed by atoms with Crippen molar-refractivity contribution in [2.24, 2.45) is 5.10 Å². The molecule has 1 fully saturated rings. The van der Waals surface area contributed by atoms with Crippen LogP contribution in [0, 0.1) is 10.1 Å². The highest BCUT2D eigenvalue weighted by Gasteiger charge is 2.44. The van der Waals surface area contributed by atoms with Gasteiger partial charge in [0.1, 0.15) is 10.5 Å². The predicted molar refractivity (Wildman–Crippen MR) is 103 cm³/mol. The zero-order valence-electron chi connectivity index (χ0n) is 14.7. The molecule has 0 saturated heterocycles. The van der Waals surface area contributed by atoms with Gasteiger partial charge in [-0.2, -0.15) is 5.10 Å². The molecule has 2 aromatic rings. The summed E-state index contributed by atoms with van der Waals surface area (Å²) in [5, 5.41) is 16.9. The van der Waals surface area contributed by atoms with Gasteiger partial charge >= 0.3 is 0 Å². The molecule has 2 unspecified atom stereocenters. The van der Waals surface area contributed by atoms with E-state index in [1.807, 2.05) is 11.2 Å². The third-order valence-corrected chi connectivity index (χ3v) is 6.58. The number of benzene rings is 1. The minimum atomic E-state index is -2.69. The topological polar surface area (TPSA) is 84.8 Å². The predicted octanol–water partition coefficient (Wildman–Crippen LogP) is 4.87. The molecule has 2 heterocycles. The monoisotopic (exact) mass is 430 g/mol. The summed E-state index contributed by atoms with van der Waals surface area (Å²) in [5.41, 5.74) is 0.394. The van der Waals surface area contributed by atoms with Crippen LogP contribution in [0.5, 0.6) is 0 Å². The van der Waals surface area contributed by atoms with Crippen molar-refractivity contribution >= 4 is 46.4 Å². The number of thioether (sulfide) groups is 1. The van der Waals surface area contributed by atoms with E-state index >= 15 is 0 Å². The number of fused-ring (bicyclic) bond motifs is 1. The maximum atomic E-state index is 14.0. The lowest BCUT2D eigenvalue weighted by Crippen LogP contribution is -2.45. The molecule has 28 heavy (non-hydrogen) atoms. The molecule has 0 spiro atoms. The van der Waals surface area contributed by atoms with Crippen LogP contribution in [0.3, 0.4) is 0 Å². The summed E-state index contributed by atoms with van der Waals surface area (Å²) in [6.45, 7) is 0.748. The number of oxazole rings is 1. The van der Waals surface area contributed by atoms with Gasteiger partial charge in [0.05, 0.1) is 22.8 Å². The molecule has 1 aromatic heterocycles. The third-order valence-electron chi connectivity index (χ3n) is 4.95. The van der Waals surface area contributed by atoms with Gasteiger partial charge in [0.2, 0.25) is 11.8 Å². The fourth-order valence-electron chi connectivity index (χ4n) is 3.62. The van der Waals surface area contributed by atoms with Gasteiger partial charge in [0.25, 0.3) is 5.69 Å². The van der Waals surface area contributed by atoms with Gasteiger partial charge in [-0.1, -0.05) is 11.6 Å². The van der Waals surface area contributed by atoms with Gasteiger partial charge in [0.15, 0.2) is 5.58 Å². The van der Waals surface area contributed by atoms with Gasteiger partial charge in [-0.05, 0) is 12.5 Å². The Morgan fingerprint density at radius 2 is 2.29 bits per heavy atom. The molecular formula is C17H17ClF2N4O3S.